The number of nitrogens with zero attached hydrogens (tertiary/aromatic N) is 2. The lowest BCUT2D eigenvalue weighted by molar-refractivity contribution is -0.139. The summed E-state index contributed by atoms with van der Waals surface area (Å²) in [5.41, 5.74) is 5.38. The topological polar surface area (TPSA) is 66.6 Å². The van der Waals surface area contributed by atoms with Gasteiger partial charge >= 0.3 is 6.03 Å². The highest BCUT2D eigenvalue weighted by atomic mass is 32.2. The molecule has 144 valence electrons. The predicted molar refractivity (Wildman–Crippen MR) is 105 cm³/mol. The molecule has 0 bridgehead atoms. The van der Waals surface area contributed by atoms with Crippen LogP contribution in [-0.4, -0.2) is 53.2 Å². The maximum Gasteiger partial charge on any atom is 0.314 e. The van der Waals surface area contributed by atoms with Crippen LogP contribution in [0.2, 0.25) is 0 Å². The van der Waals surface area contributed by atoms with Crippen LogP contribution in [0.4, 0.5) is 4.79 Å². The zero-order valence-corrected chi connectivity index (χ0v) is 16.4. The molecule has 3 fully saturated rings. The van der Waals surface area contributed by atoms with Crippen molar-refractivity contribution < 1.29 is 9.59 Å². The van der Waals surface area contributed by atoms with Crippen molar-refractivity contribution >= 4 is 23.7 Å². The monoisotopic (exact) mass is 377 g/mol. The summed E-state index contributed by atoms with van der Waals surface area (Å²) in [6.07, 6.45) is 11.8. The van der Waals surface area contributed by atoms with Crippen molar-refractivity contribution in [1.29, 1.82) is 0 Å². The van der Waals surface area contributed by atoms with E-state index in [2.05, 4.69) is 11.0 Å². The van der Waals surface area contributed by atoms with Gasteiger partial charge in [0.05, 0.1) is 5.92 Å². The quantitative estimate of drug-likeness (QED) is 0.803. The highest BCUT2D eigenvalue weighted by molar-refractivity contribution is 8.03. The molecule has 0 aromatic rings. The van der Waals surface area contributed by atoms with Crippen molar-refractivity contribution in [1.82, 2.24) is 9.80 Å². The molecule has 0 spiro atoms. The highest BCUT2D eigenvalue weighted by Gasteiger charge is 2.39. The van der Waals surface area contributed by atoms with Crippen LogP contribution < -0.4 is 5.73 Å². The molecule has 0 aromatic heterocycles. The number of nitrogens with two attached hydrogens (primary N) is 1. The lowest BCUT2D eigenvalue weighted by atomic mass is 9.78. The number of hydrogen-bond donors (Lipinski definition) is 1. The second-order valence-electron chi connectivity index (χ2n) is 8.37. The Morgan fingerprint density at radius 1 is 1.00 bits per heavy atom. The van der Waals surface area contributed by atoms with Crippen molar-refractivity contribution in [2.24, 2.45) is 23.5 Å². The van der Waals surface area contributed by atoms with E-state index in [1.807, 2.05) is 11.8 Å². The maximum atomic E-state index is 13.2. The zero-order chi connectivity index (χ0) is 18.1. The highest BCUT2D eigenvalue weighted by Crippen LogP contribution is 2.41. The molecule has 2 N–H and O–H groups in total. The summed E-state index contributed by atoms with van der Waals surface area (Å²) in [7, 11) is 0. The van der Waals surface area contributed by atoms with E-state index in [1.165, 1.54) is 43.4 Å². The molecule has 0 radical (unpaired) electrons. The average molecular weight is 378 g/mol. The fourth-order valence-electron chi connectivity index (χ4n) is 5.37. The minimum atomic E-state index is -0.309. The van der Waals surface area contributed by atoms with Gasteiger partial charge < -0.3 is 15.5 Å². The number of carbonyl (C=O) groups excluding carboxylic acids is 2. The van der Waals surface area contributed by atoms with Crippen LogP contribution in [0.15, 0.2) is 11.0 Å². The number of piperidine rings is 2. The van der Waals surface area contributed by atoms with Crippen molar-refractivity contribution in [3.05, 3.63) is 11.0 Å². The van der Waals surface area contributed by atoms with Gasteiger partial charge in [-0.05, 0) is 55.3 Å². The summed E-state index contributed by atoms with van der Waals surface area (Å²) in [5.74, 6) is 2.58. The van der Waals surface area contributed by atoms with Crippen molar-refractivity contribution in [3.8, 4) is 0 Å². The molecule has 0 aromatic carbocycles. The minimum absolute atomic E-state index is 0.0600. The molecule has 4 rings (SSSR count). The Morgan fingerprint density at radius 3 is 2.50 bits per heavy atom. The second-order valence-corrected chi connectivity index (χ2v) is 9.47. The third kappa shape index (κ3) is 3.62. The third-order valence-corrected chi connectivity index (χ3v) is 8.18. The molecular formula is C20H31N3O2S. The van der Waals surface area contributed by atoms with Gasteiger partial charge in [0.15, 0.2) is 0 Å². The van der Waals surface area contributed by atoms with E-state index in [-0.39, 0.29) is 11.9 Å². The molecule has 1 aliphatic carbocycles. The first-order valence-corrected chi connectivity index (χ1v) is 11.3. The Morgan fingerprint density at radius 2 is 1.73 bits per heavy atom. The molecule has 3 amide bonds. The first kappa shape index (κ1) is 18.2. The number of likely N-dealkylation sites (tertiary alicyclic amines) is 2. The molecule has 1 saturated carbocycles. The van der Waals surface area contributed by atoms with Crippen LogP contribution in [0.25, 0.3) is 0 Å². The molecule has 3 aliphatic heterocycles. The van der Waals surface area contributed by atoms with Crippen molar-refractivity contribution in [2.45, 2.75) is 57.4 Å². The molecule has 2 saturated heterocycles. The summed E-state index contributed by atoms with van der Waals surface area (Å²) in [5, 5.41) is 0. The molecule has 3 atom stereocenters. The second kappa shape index (κ2) is 7.83. The Hall–Kier alpha value is -1.17. The Bertz CT molecular complexity index is 584. The van der Waals surface area contributed by atoms with E-state index in [9.17, 15) is 9.59 Å². The van der Waals surface area contributed by atoms with Gasteiger partial charge in [-0.1, -0.05) is 18.9 Å². The number of amides is 3. The zero-order valence-electron chi connectivity index (χ0n) is 15.6. The lowest BCUT2D eigenvalue weighted by Gasteiger charge is -2.44. The van der Waals surface area contributed by atoms with Crippen LogP contribution >= 0.6 is 11.8 Å². The molecule has 3 heterocycles. The summed E-state index contributed by atoms with van der Waals surface area (Å²) < 4.78 is 0. The summed E-state index contributed by atoms with van der Waals surface area (Å²) in [6.45, 7) is 2.44. The first-order chi connectivity index (χ1) is 12.6. The van der Waals surface area contributed by atoms with Crippen LogP contribution in [0, 0.1) is 17.8 Å². The molecule has 3 unspecified atom stereocenters. The number of carbonyl (C=O) groups is 2. The van der Waals surface area contributed by atoms with Gasteiger partial charge in [0.2, 0.25) is 5.91 Å². The lowest BCUT2D eigenvalue weighted by Crippen LogP contribution is -2.51. The van der Waals surface area contributed by atoms with Gasteiger partial charge in [0.25, 0.3) is 0 Å². The van der Waals surface area contributed by atoms with Gasteiger partial charge in [-0.3, -0.25) is 4.79 Å². The number of primary amides is 1. The Labute approximate surface area is 160 Å². The largest absolute Gasteiger partial charge is 0.351 e. The normalized spacial score (nSPS) is 32.9. The van der Waals surface area contributed by atoms with E-state index in [0.717, 1.165) is 44.1 Å². The van der Waals surface area contributed by atoms with E-state index in [1.54, 1.807) is 4.90 Å². The summed E-state index contributed by atoms with van der Waals surface area (Å²) >= 11 is 1.87. The molecule has 26 heavy (non-hydrogen) atoms. The molecule has 6 heteroatoms. The van der Waals surface area contributed by atoms with E-state index in [4.69, 9.17) is 5.73 Å². The number of rotatable bonds is 2. The van der Waals surface area contributed by atoms with Gasteiger partial charge in [-0.15, -0.1) is 11.8 Å². The third-order valence-electron chi connectivity index (χ3n) is 6.85. The molecular weight excluding hydrogens is 346 g/mol. The first-order valence-electron chi connectivity index (χ1n) is 10.3. The number of allylic oxidation sites excluding steroid dienone is 1. The number of urea groups is 1. The molecule has 4 aliphatic rings. The Balaban J connectivity index is 1.38. The van der Waals surface area contributed by atoms with Gasteiger partial charge in [0.1, 0.15) is 0 Å². The van der Waals surface area contributed by atoms with E-state index < -0.39 is 0 Å². The van der Waals surface area contributed by atoms with Crippen LogP contribution in [0.5, 0.6) is 0 Å². The van der Waals surface area contributed by atoms with E-state index in [0.29, 0.717) is 17.9 Å². The number of thioether (sulfide) groups is 1. The van der Waals surface area contributed by atoms with Crippen molar-refractivity contribution in [2.75, 3.05) is 25.4 Å². The van der Waals surface area contributed by atoms with Crippen LogP contribution in [0.1, 0.15) is 51.4 Å². The SMILES string of the molecule is NC(=O)N1CCC(C2=CC(C(=O)N3CCCC4CCCCC43)CS2)CC1. The smallest absolute Gasteiger partial charge is 0.314 e. The average Bonchev–Trinajstić information content (AvgIpc) is 3.17. The van der Waals surface area contributed by atoms with Gasteiger partial charge in [-0.2, -0.15) is 0 Å². The standard InChI is InChI=1S/C20H31N3O2S/c21-20(25)22-10-7-15(8-11-22)18-12-16(13-26-18)19(24)23-9-3-5-14-4-1-2-6-17(14)23/h12,14-17H,1-11,13H2,(H2,21,25). The summed E-state index contributed by atoms with van der Waals surface area (Å²) in [4.78, 5) is 29.9. The number of hydrogen-bond acceptors (Lipinski definition) is 3. The minimum Gasteiger partial charge on any atom is -0.351 e. The van der Waals surface area contributed by atoms with Crippen LogP contribution in [-0.2, 0) is 4.79 Å². The number of fused-ring (bicyclic) bond motifs is 1. The van der Waals surface area contributed by atoms with Gasteiger partial charge in [-0.25, -0.2) is 4.79 Å². The molecule has 5 nitrogen and oxygen atoms in total. The summed E-state index contributed by atoms with van der Waals surface area (Å²) in [6, 6.07) is 0.197. The van der Waals surface area contributed by atoms with Crippen molar-refractivity contribution in [3.63, 3.8) is 0 Å². The fourth-order valence-corrected chi connectivity index (χ4v) is 6.72. The van der Waals surface area contributed by atoms with Crippen LogP contribution in [0.3, 0.4) is 0 Å². The maximum absolute atomic E-state index is 13.2. The van der Waals surface area contributed by atoms with E-state index >= 15 is 0 Å². The van der Waals surface area contributed by atoms with Gasteiger partial charge in [0, 0.05) is 31.4 Å². The predicted octanol–water partition coefficient (Wildman–Crippen LogP) is 3.21. The Kier molecular flexibility index (Phi) is 5.48. The fraction of sp³-hybridized carbons (Fsp3) is 0.800.